The maximum absolute atomic E-state index is 12.2. The van der Waals surface area contributed by atoms with Crippen molar-refractivity contribution in [3.63, 3.8) is 0 Å². The molecule has 20 heavy (non-hydrogen) atoms. The van der Waals surface area contributed by atoms with Crippen molar-refractivity contribution in [2.75, 3.05) is 13.7 Å². The van der Waals surface area contributed by atoms with Gasteiger partial charge in [0.2, 0.25) is 0 Å². The summed E-state index contributed by atoms with van der Waals surface area (Å²) >= 11 is 0. The van der Waals surface area contributed by atoms with Gasteiger partial charge in [0.25, 0.3) is 5.79 Å². The van der Waals surface area contributed by atoms with Gasteiger partial charge in [-0.05, 0) is 0 Å². The van der Waals surface area contributed by atoms with E-state index in [0.29, 0.717) is 0 Å². The first-order valence-corrected chi connectivity index (χ1v) is 5.25. The van der Waals surface area contributed by atoms with Crippen molar-refractivity contribution in [2.45, 2.75) is 36.6 Å². The summed E-state index contributed by atoms with van der Waals surface area (Å²) in [5.74, 6) is -5.66. The SMILES string of the molecule is CO[C@H]1OC(CO)(OC(=O)C(F)(F)F)[C@H](O)[C@H](O)[C@@H]1O. The van der Waals surface area contributed by atoms with Gasteiger partial charge in [-0.3, -0.25) is 0 Å². The largest absolute Gasteiger partial charge is 0.491 e. The molecule has 0 amide bonds. The van der Waals surface area contributed by atoms with Gasteiger partial charge in [-0.2, -0.15) is 13.2 Å². The van der Waals surface area contributed by atoms with Crippen LogP contribution in [-0.2, 0) is 19.0 Å². The molecule has 11 heteroatoms. The van der Waals surface area contributed by atoms with Gasteiger partial charge in [-0.15, -0.1) is 0 Å². The average Bonchev–Trinajstić information content (AvgIpc) is 2.38. The molecule has 0 spiro atoms. The summed E-state index contributed by atoms with van der Waals surface area (Å²) in [7, 11) is 0.978. The van der Waals surface area contributed by atoms with Gasteiger partial charge >= 0.3 is 12.1 Å². The highest BCUT2D eigenvalue weighted by Crippen LogP contribution is 2.33. The molecule has 1 rings (SSSR count). The van der Waals surface area contributed by atoms with Gasteiger partial charge in [0, 0.05) is 7.11 Å². The molecule has 1 fully saturated rings. The summed E-state index contributed by atoms with van der Waals surface area (Å²) in [6.45, 7) is -1.40. The number of halogens is 3. The Morgan fingerprint density at radius 1 is 1.30 bits per heavy atom. The predicted octanol–water partition coefficient (Wildman–Crippen LogP) is -2.13. The molecule has 0 aromatic rings. The minimum atomic E-state index is -5.41. The number of hydrogen-bond acceptors (Lipinski definition) is 8. The number of alkyl halides is 3. The number of rotatable bonds is 3. The van der Waals surface area contributed by atoms with Crippen molar-refractivity contribution >= 4 is 5.97 Å². The Bertz CT molecular complexity index is 360. The van der Waals surface area contributed by atoms with Crippen molar-refractivity contribution < 1.29 is 52.6 Å². The first kappa shape index (κ1) is 17.1. The van der Waals surface area contributed by atoms with Gasteiger partial charge in [0.1, 0.15) is 18.8 Å². The van der Waals surface area contributed by atoms with Crippen LogP contribution in [0.15, 0.2) is 0 Å². The molecule has 0 radical (unpaired) electrons. The van der Waals surface area contributed by atoms with Gasteiger partial charge in [-0.1, -0.05) is 0 Å². The fourth-order valence-electron chi connectivity index (χ4n) is 1.59. The van der Waals surface area contributed by atoms with E-state index in [2.05, 4.69) is 14.2 Å². The lowest BCUT2D eigenvalue weighted by atomic mass is 9.96. The Kier molecular flexibility index (Phi) is 4.94. The molecule has 1 heterocycles. The molecule has 1 saturated heterocycles. The highest BCUT2D eigenvalue weighted by molar-refractivity contribution is 5.76. The molecular formula is C9H13F3O8. The standard InChI is InChI=1S/C9H13F3O8/c1-18-6-4(15)3(14)5(16)8(2-13,19-6)20-7(17)9(10,11)12/h3-6,13-16H,2H2,1H3/t3-,4+,5-,6+,8?/m1/s1. The van der Waals surface area contributed by atoms with Crippen LogP contribution in [-0.4, -0.2) is 76.7 Å². The molecule has 0 aromatic carbocycles. The van der Waals surface area contributed by atoms with E-state index in [1.165, 1.54) is 0 Å². The third-order valence-corrected chi connectivity index (χ3v) is 2.67. The molecule has 1 aliphatic rings. The molecule has 1 aliphatic heterocycles. The van der Waals surface area contributed by atoms with Crippen molar-refractivity contribution in [1.82, 2.24) is 0 Å². The summed E-state index contributed by atoms with van der Waals surface area (Å²) in [4.78, 5) is 10.8. The Morgan fingerprint density at radius 2 is 1.85 bits per heavy atom. The van der Waals surface area contributed by atoms with Crippen molar-refractivity contribution in [3.8, 4) is 0 Å². The van der Waals surface area contributed by atoms with E-state index in [4.69, 9.17) is 5.11 Å². The third kappa shape index (κ3) is 3.02. The van der Waals surface area contributed by atoms with Crippen LogP contribution in [0.4, 0.5) is 13.2 Å². The number of aliphatic hydroxyl groups is 4. The minimum Gasteiger partial charge on any atom is -0.421 e. The first-order valence-electron chi connectivity index (χ1n) is 5.25. The van der Waals surface area contributed by atoms with E-state index in [1.807, 2.05) is 0 Å². The number of carbonyl (C=O) groups is 1. The van der Waals surface area contributed by atoms with Gasteiger partial charge in [0.05, 0.1) is 0 Å². The molecule has 118 valence electrons. The molecule has 0 aromatic heterocycles. The number of esters is 1. The summed E-state index contributed by atoms with van der Waals surface area (Å²) < 4.78 is 49.6. The van der Waals surface area contributed by atoms with Crippen LogP contribution in [0, 0.1) is 0 Å². The quantitative estimate of drug-likeness (QED) is 0.436. The molecule has 0 bridgehead atoms. The fourth-order valence-corrected chi connectivity index (χ4v) is 1.59. The summed E-state index contributed by atoms with van der Waals surface area (Å²) in [6, 6.07) is 0. The second-order valence-corrected chi connectivity index (χ2v) is 4.01. The minimum absolute atomic E-state index is 0.978. The monoisotopic (exact) mass is 306 g/mol. The third-order valence-electron chi connectivity index (χ3n) is 2.67. The molecule has 1 unspecified atom stereocenters. The van der Waals surface area contributed by atoms with Crippen LogP contribution in [0.2, 0.25) is 0 Å². The Labute approximate surface area is 110 Å². The molecule has 0 saturated carbocycles. The fraction of sp³-hybridized carbons (Fsp3) is 0.889. The number of aliphatic hydroxyl groups excluding tert-OH is 4. The lowest BCUT2D eigenvalue weighted by Crippen LogP contribution is -2.68. The van der Waals surface area contributed by atoms with Crippen LogP contribution in [0.3, 0.4) is 0 Å². The predicted molar refractivity (Wildman–Crippen MR) is 51.9 cm³/mol. The van der Waals surface area contributed by atoms with Crippen molar-refractivity contribution in [2.24, 2.45) is 0 Å². The van der Waals surface area contributed by atoms with E-state index in [1.54, 1.807) is 0 Å². The number of hydrogen-bond donors (Lipinski definition) is 4. The highest BCUT2D eigenvalue weighted by Gasteiger charge is 2.59. The van der Waals surface area contributed by atoms with Gasteiger partial charge in [0.15, 0.2) is 12.4 Å². The zero-order valence-corrected chi connectivity index (χ0v) is 10.1. The smallest absolute Gasteiger partial charge is 0.421 e. The van der Waals surface area contributed by atoms with Gasteiger partial charge < -0.3 is 34.6 Å². The number of carbonyl (C=O) groups excluding carboxylic acids is 1. The molecule has 8 nitrogen and oxygen atoms in total. The Hall–Kier alpha value is -0.980. The summed E-state index contributed by atoms with van der Waals surface area (Å²) in [5.41, 5.74) is 0. The number of methoxy groups -OCH3 is 1. The Morgan fingerprint density at radius 3 is 2.25 bits per heavy atom. The normalized spacial score (nSPS) is 38.6. The van der Waals surface area contributed by atoms with Crippen LogP contribution in [0.5, 0.6) is 0 Å². The zero-order chi connectivity index (χ0) is 15.7. The molecule has 5 atom stereocenters. The van der Waals surface area contributed by atoms with Crippen LogP contribution >= 0.6 is 0 Å². The van der Waals surface area contributed by atoms with Crippen LogP contribution in [0.25, 0.3) is 0 Å². The van der Waals surface area contributed by atoms with E-state index in [0.717, 1.165) is 7.11 Å². The maximum Gasteiger partial charge on any atom is 0.491 e. The molecular weight excluding hydrogens is 293 g/mol. The number of ether oxygens (including phenoxy) is 3. The molecule has 0 aliphatic carbocycles. The topological polar surface area (TPSA) is 126 Å². The maximum atomic E-state index is 12.2. The zero-order valence-electron chi connectivity index (χ0n) is 10.1. The first-order chi connectivity index (χ1) is 9.09. The lowest BCUT2D eigenvalue weighted by Gasteiger charge is -2.46. The summed E-state index contributed by atoms with van der Waals surface area (Å²) in [5, 5.41) is 37.6. The van der Waals surface area contributed by atoms with E-state index in [-0.39, 0.29) is 0 Å². The second kappa shape index (κ2) is 5.79. The van der Waals surface area contributed by atoms with E-state index < -0.39 is 49.1 Å². The lowest BCUT2D eigenvalue weighted by molar-refractivity contribution is -0.398. The Balaban J connectivity index is 3.04. The van der Waals surface area contributed by atoms with E-state index >= 15 is 0 Å². The molecule has 4 N–H and O–H groups in total. The van der Waals surface area contributed by atoms with E-state index in [9.17, 15) is 33.3 Å². The average molecular weight is 306 g/mol. The van der Waals surface area contributed by atoms with Gasteiger partial charge in [-0.25, -0.2) is 4.79 Å². The van der Waals surface area contributed by atoms with Crippen molar-refractivity contribution in [1.29, 1.82) is 0 Å². The second-order valence-electron chi connectivity index (χ2n) is 4.01. The van der Waals surface area contributed by atoms with Crippen molar-refractivity contribution in [3.05, 3.63) is 0 Å². The van der Waals surface area contributed by atoms with Crippen LogP contribution in [0.1, 0.15) is 0 Å². The highest BCUT2D eigenvalue weighted by atomic mass is 19.4. The van der Waals surface area contributed by atoms with Crippen LogP contribution < -0.4 is 0 Å². The summed E-state index contributed by atoms with van der Waals surface area (Å²) in [6.07, 6.45) is -13.3.